The van der Waals surface area contributed by atoms with Gasteiger partial charge >= 0.3 is 5.97 Å². The van der Waals surface area contributed by atoms with Crippen LogP contribution in [0.4, 0.5) is 0 Å². The third-order valence-corrected chi connectivity index (χ3v) is 13.3. The highest BCUT2D eigenvalue weighted by Gasteiger charge is 2.60. The van der Waals surface area contributed by atoms with E-state index in [1.165, 1.54) is 83.8 Å². The molecule has 0 aromatic heterocycles. The summed E-state index contributed by atoms with van der Waals surface area (Å²) in [5.41, 5.74) is 1.91. The first-order valence-corrected chi connectivity index (χ1v) is 17.5. The molecule has 0 aliphatic heterocycles. The van der Waals surface area contributed by atoms with Crippen LogP contribution in [0.3, 0.4) is 0 Å². The van der Waals surface area contributed by atoms with Crippen LogP contribution >= 0.6 is 0 Å². The number of hydrogen-bond donors (Lipinski definition) is 1. The number of fused-ring (bicyclic) bond motifs is 5. The summed E-state index contributed by atoms with van der Waals surface area (Å²) in [7, 11) is 1.50. The van der Waals surface area contributed by atoms with Crippen LogP contribution in [0.1, 0.15) is 117 Å². The Morgan fingerprint density at radius 2 is 1.77 bits per heavy atom. The highest BCUT2D eigenvalue weighted by Crippen LogP contribution is 2.68. The van der Waals surface area contributed by atoms with Crippen molar-refractivity contribution in [2.75, 3.05) is 7.11 Å². The Kier molecular flexibility index (Phi) is 10.0. The Morgan fingerprint density at radius 3 is 2.53 bits per heavy atom. The van der Waals surface area contributed by atoms with Crippen LogP contribution in [0.2, 0.25) is 0 Å². The summed E-state index contributed by atoms with van der Waals surface area (Å²) >= 11 is 0. The smallest absolute Gasteiger partial charge is 0.335 e. The van der Waals surface area contributed by atoms with E-state index >= 15 is 0 Å². The minimum Gasteiger partial charge on any atom is -0.504 e. The van der Waals surface area contributed by atoms with Crippen molar-refractivity contribution in [1.29, 1.82) is 0 Å². The molecular weight excluding hydrogens is 532 g/mol. The number of allylic oxidation sites excluding steroid dienone is 1. The van der Waals surface area contributed by atoms with Gasteiger partial charge in [-0.3, -0.25) is 0 Å². The van der Waals surface area contributed by atoms with Crippen LogP contribution in [-0.2, 0) is 9.53 Å². The molecular formula is C39H58O4. The van der Waals surface area contributed by atoms with Crippen molar-refractivity contribution in [2.45, 2.75) is 112 Å². The maximum absolute atomic E-state index is 12.4. The molecule has 1 aromatic carbocycles. The normalized spacial score (nSPS) is 35.4. The molecule has 0 spiro atoms. The standard InChI is InChI=1S/C39H58O4/c1-26(2)29(21-24-43-37(41)19-12-28-11-18-35(40)36(25-28)42-6)13-10-27(3)32-16-17-33-31-15-14-30-9-7-8-22-38(30,4)34(31)20-23-39(32,33)5/h11-12,18-19,21,24-27,29-34,40H,7-10,13-17,20,22-23H2,1-6H3/b19-12+,24-21?/t27-,29+,30?,31+,32-,33+,34+,38+,39-/m1/s1. The Bertz CT molecular complexity index is 1170. The average molecular weight is 591 g/mol. The van der Waals surface area contributed by atoms with Gasteiger partial charge in [0, 0.05) is 6.08 Å². The zero-order valence-corrected chi connectivity index (χ0v) is 27.8. The van der Waals surface area contributed by atoms with E-state index in [-0.39, 0.29) is 5.75 Å². The lowest BCUT2D eigenvalue weighted by Crippen LogP contribution is -2.53. The van der Waals surface area contributed by atoms with Crippen LogP contribution < -0.4 is 4.74 Å². The minimum atomic E-state index is -0.407. The van der Waals surface area contributed by atoms with Crippen LogP contribution in [-0.4, -0.2) is 18.2 Å². The molecule has 1 aromatic rings. The quantitative estimate of drug-likeness (QED) is 0.167. The second kappa shape index (κ2) is 13.4. The molecule has 4 heteroatoms. The third kappa shape index (κ3) is 6.59. The van der Waals surface area contributed by atoms with E-state index in [4.69, 9.17) is 9.47 Å². The van der Waals surface area contributed by atoms with Gasteiger partial charge in [0.15, 0.2) is 11.5 Å². The average Bonchev–Trinajstić information content (AvgIpc) is 3.35. The van der Waals surface area contributed by atoms with Gasteiger partial charge in [-0.1, -0.05) is 53.5 Å². The molecule has 0 amide bonds. The summed E-state index contributed by atoms with van der Waals surface area (Å²) in [6.07, 6.45) is 23.9. The first-order valence-electron chi connectivity index (χ1n) is 17.5. The molecule has 43 heavy (non-hydrogen) atoms. The van der Waals surface area contributed by atoms with Crippen LogP contribution in [0.25, 0.3) is 6.08 Å². The minimum absolute atomic E-state index is 0.0735. The van der Waals surface area contributed by atoms with Gasteiger partial charge in [-0.25, -0.2) is 4.79 Å². The molecule has 1 unspecified atom stereocenters. The predicted molar refractivity (Wildman–Crippen MR) is 175 cm³/mol. The first kappa shape index (κ1) is 32.2. The number of methoxy groups -OCH3 is 1. The molecule has 0 heterocycles. The lowest BCUT2D eigenvalue weighted by Gasteiger charge is -2.61. The lowest BCUT2D eigenvalue weighted by molar-refractivity contribution is -0.132. The summed E-state index contributed by atoms with van der Waals surface area (Å²) in [5.74, 6) is 6.40. The van der Waals surface area contributed by atoms with Gasteiger partial charge in [0.2, 0.25) is 0 Å². The molecule has 9 atom stereocenters. The molecule has 1 N–H and O–H groups in total. The topological polar surface area (TPSA) is 55.8 Å². The van der Waals surface area contributed by atoms with Crippen molar-refractivity contribution in [1.82, 2.24) is 0 Å². The third-order valence-electron chi connectivity index (χ3n) is 13.3. The number of phenols is 1. The van der Waals surface area contributed by atoms with Crippen molar-refractivity contribution in [3.63, 3.8) is 0 Å². The van der Waals surface area contributed by atoms with Gasteiger partial charge in [-0.15, -0.1) is 0 Å². The number of carbonyl (C=O) groups is 1. The van der Waals surface area contributed by atoms with E-state index in [9.17, 15) is 9.90 Å². The number of carbonyl (C=O) groups excluding carboxylic acids is 1. The van der Waals surface area contributed by atoms with Gasteiger partial charge < -0.3 is 14.6 Å². The zero-order chi connectivity index (χ0) is 30.8. The molecule has 4 nitrogen and oxygen atoms in total. The summed E-state index contributed by atoms with van der Waals surface area (Å²) in [6.45, 7) is 12.5. The van der Waals surface area contributed by atoms with Gasteiger partial charge in [-0.2, -0.15) is 0 Å². The van der Waals surface area contributed by atoms with Crippen LogP contribution in [0, 0.1) is 58.2 Å². The lowest BCUT2D eigenvalue weighted by atomic mass is 9.44. The maximum Gasteiger partial charge on any atom is 0.335 e. The second-order valence-corrected chi connectivity index (χ2v) is 15.6. The van der Waals surface area contributed by atoms with Crippen LogP contribution in [0.5, 0.6) is 11.5 Å². The van der Waals surface area contributed by atoms with E-state index < -0.39 is 5.97 Å². The number of hydrogen-bond acceptors (Lipinski definition) is 4. The van der Waals surface area contributed by atoms with Gasteiger partial charge in [-0.05, 0) is 152 Å². The van der Waals surface area contributed by atoms with Crippen molar-refractivity contribution in [3.05, 3.63) is 42.2 Å². The summed E-state index contributed by atoms with van der Waals surface area (Å²) < 4.78 is 10.6. The number of phenolic OH excluding ortho intramolecular Hbond substituents is 1. The van der Waals surface area contributed by atoms with E-state index in [1.54, 1.807) is 30.5 Å². The van der Waals surface area contributed by atoms with Gasteiger partial charge in [0.05, 0.1) is 13.4 Å². The SMILES string of the molecule is COc1cc(/C=C/C(=O)OC=C[C@H](CC[C@@H](C)[C@H]2CC[C@H]3[C@@H]4CCC5CCCC[C@]5(C)[C@H]4CC[C@]23C)C(C)C)ccc1O. The highest BCUT2D eigenvalue weighted by atomic mass is 16.5. The fraction of sp³-hybridized carbons (Fsp3) is 0.718. The maximum atomic E-state index is 12.4. The summed E-state index contributed by atoms with van der Waals surface area (Å²) in [6, 6.07) is 4.97. The Hall–Kier alpha value is -2.23. The van der Waals surface area contributed by atoms with Gasteiger partial charge in [0.25, 0.3) is 0 Å². The van der Waals surface area contributed by atoms with Crippen molar-refractivity contribution < 1.29 is 19.4 Å². The van der Waals surface area contributed by atoms with Crippen molar-refractivity contribution in [2.24, 2.45) is 58.2 Å². The number of esters is 1. The fourth-order valence-corrected chi connectivity index (χ4v) is 10.8. The highest BCUT2D eigenvalue weighted by molar-refractivity contribution is 5.87. The van der Waals surface area contributed by atoms with E-state index in [2.05, 4.69) is 40.7 Å². The zero-order valence-electron chi connectivity index (χ0n) is 27.8. The largest absolute Gasteiger partial charge is 0.504 e. The fourth-order valence-electron chi connectivity index (χ4n) is 10.8. The molecule has 4 aliphatic carbocycles. The van der Waals surface area contributed by atoms with E-state index in [0.29, 0.717) is 28.4 Å². The van der Waals surface area contributed by atoms with Gasteiger partial charge in [0.1, 0.15) is 0 Å². The molecule has 4 saturated carbocycles. The molecule has 0 bridgehead atoms. The molecule has 0 radical (unpaired) electrons. The molecule has 4 aliphatic rings. The number of aromatic hydroxyl groups is 1. The number of rotatable bonds is 10. The Labute approximate surface area is 261 Å². The number of ether oxygens (including phenoxy) is 2. The second-order valence-electron chi connectivity index (χ2n) is 15.6. The Morgan fingerprint density at radius 1 is 0.977 bits per heavy atom. The number of benzene rings is 1. The van der Waals surface area contributed by atoms with Crippen LogP contribution in [0.15, 0.2) is 36.6 Å². The molecule has 238 valence electrons. The van der Waals surface area contributed by atoms with E-state index in [0.717, 1.165) is 47.5 Å². The molecule has 5 rings (SSSR count). The Balaban J connectivity index is 1.14. The van der Waals surface area contributed by atoms with E-state index in [1.807, 2.05) is 0 Å². The van der Waals surface area contributed by atoms with Crippen molar-refractivity contribution in [3.8, 4) is 11.5 Å². The van der Waals surface area contributed by atoms with Crippen molar-refractivity contribution >= 4 is 12.0 Å². The summed E-state index contributed by atoms with van der Waals surface area (Å²) in [5, 5.41) is 9.76. The monoisotopic (exact) mass is 590 g/mol. The first-order chi connectivity index (χ1) is 20.6. The summed E-state index contributed by atoms with van der Waals surface area (Å²) in [4.78, 5) is 12.4. The molecule has 0 saturated heterocycles. The molecule has 4 fully saturated rings. The predicted octanol–water partition coefficient (Wildman–Crippen LogP) is 10.2.